The summed E-state index contributed by atoms with van der Waals surface area (Å²) in [5, 5.41) is 17.4. The van der Waals surface area contributed by atoms with Crippen LogP contribution in [0.4, 0.5) is 0 Å². The van der Waals surface area contributed by atoms with E-state index >= 15 is 0 Å². The van der Waals surface area contributed by atoms with Crippen LogP contribution in [0.5, 0.6) is 0 Å². The van der Waals surface area contributed by atoms with Gasteiger partial charge in [-0.2, -0.15) is 8.42 Å². The molecule has 0 amide bonds. The molecule has 0 rings (SSSR count). The molecular formula is C6H10O7S. The fourth-order valence-corrected chi connectivity index (χ4v) is 1.18. The number of aliphatic hydroxyl groups excluding tert-OH is 1. The molecule has 0 heterocycles. The molecule has 0 fully saturated rings. The van der Waals surface area contributed by atoms with Crippen molar-refractivity contribution in [2.24, 2.45) is 0 Å². The minimum Gasteiger partial charge on any atom is -0.481 e. The van der Waals surface area contributed by atoms with Gasteiger partial charge in [-0.3, -0.25) is 9.35 Å². The van der Waals surface area contributed by atoms with Gasteiger partial charge in [0.1, 0.15) is 6.10 Å². The Kier molecular flexibility index (Phi) is 4.71. The maximum atomic E-state index is 10.2. The molecule has 2 atom stereocenters. The van der Waals surface area contributed by atoms with Crippen LogP contribution in [0, 0.1) is 0 Å². The third-order valence-corrected chi connectivity index (χ3v) is 1.69. The SMILES string of the molecule is C=CC(OS(=O)(=O)O)C(O)CC(=O)O. The number of hydrogen-bond acceptors (Lipinski definition) is 5. The van der Waals surface area contributed by atoms with Crippen molar-refractivity contribution in [1.82, 2.24) is 0 Å². The largest absolute Gasteiger partial charge is 0.481 e. The third kappa shape index (κ3) is 5.65. The minimum atomic E-state index is -4.74. The van der Waals surface area contributed by atoms with E-state index in [1.54, 1.807) is 0 Å². The van der Waals surface area contributed by atoms with E-state index in [-0.39, 0.29) is 0 Å². The van der Waals surface area contributed by atoms with Crippen LogP contribution in [0.1, 0.15) is 6.42 Å². The molecule has 7 nitrogen and oxygen atoms in total. The molecule has 0 aliphatic rings. The molecule has 3 N–H and O–H groups in total. The van der Waals surface area contributed by atoms with Crippen molar-refractivity contribution in [3.05, 3.63) is 12.7 Å². The van der Waals surface area contributed by atoms with Crippen LogP contribution in [-0.4, -0.2) is 41.4 Å². The Labute approximate surface area is 80.6 Å². The highest BCUT2D eigenvalue weighted by molar-refractivity contribution is 7.80. The molecule has 8 heteroatoms. The molecule has 14 heavy (non-hydrogen) atoms. The van der Waals surface area contributed by atoms with Crippen molar-refractivity contribution in [2.45, 2.75) is 18.6 Å². The lowest BCUT2D eigenvalue weighted by Gasteiger charge is -2.15. The summed E-state index contributed by atoms with van der Waals surface area (Å²) in [4.78, 5) is 10.1. The molecule has 0 aromatic carbocycles. The summed E-state index contributed by atoms with van der Waals surface area (Å²) in [6.45, 7) is 3.12. The molecule has 0 aliphatic carbocycles. The zero-order chi connectivity index (χ0) is 11.4. The monoisotopic (exact) mass is 226 g/mol. The van der Waals surface area contributed by atoms with Gasteiger partial charge >= 0.3 is 16.4 Å². The standard InChI is InChI=1S/C6H10O7S/c1-2-5(13-14(10,11)12)4(7)3-6(8)9/h2,4-5,7H,1,3H2,(H,8,9)(H,10,11,12). The van der Waals surface area contributed by atoms with Crippen LogP contribution >= 0.6 is 0 Å². The fourth-order valence-electron chi connectivity index (χ4n) is 0.696. The maximum Gasteiger partial charge on any atom is 0.398 e. The van der Waals surface area contributed by atoms with E-state index in [1.165, 1.54) is 0 Å². The third-order valence-electron chi connectivity index (χ3n) is 1.23. The summed E-state index contributed by atoms with van der Waals surface area (Å²) in [6.07, 6.45) is -2.92. The van der Waals surface area contributed by atoms with Gasteiger partial charge in [0.15, 0.2) is 0 Å². The highest BCUT2D eigenvalue weighted by Crippen LogP contribution is 2.07. The minimum absolute atomic E-state index is 0.716. The van der Waals surface area contributed by atoms with Gasteiger partial charge in [-0.1, -0.05) is 6.08 Å². The Morgan fingerprint density at radius 3 is 2.36 bits per heavy atom. The number of aliphatic carboxylic acids is 1. The average Bonchev–Trinajstić information content (AvgIpc) is 1.96. The van der Waals surface area contributed by atoms with E-state index in [2.05, 4.69) is 10.8 Å². The molecule has 0 saturated carbocycles. The number of rotatable bonds is 6. The molecule has 0 aromatic heterocycles. The Morgan fingerprint density at radius 2 is 2.07 bits per heavy atom. The van der Waals surface area contributed by atoms with Gasteiger partial charge < -0.3 is 10.2 Å². The molecule has 0 saturated heterocycles. The summed E-state index contributed by atoms with van der Waals surface area (Å²) < 4.78 is 32.6. The zero-order valence-electron chi connectivity index (χ0n) is 7.03. The van der Waals surface area contributed by atoms with Crippen LogP contribution in [0.25, 0.3) is 0 Å². The van der Waals surface area contributed by atoms with Gasteiger partial charge in [-0.05, 0) is 0 Å². The molecule has 2 unspecified atom stereocenters. The summed E-state index contributed by atoms with van der Waals surface area (Å²) >= 11 is 0. The van der Waals surface area contributed by atoms with Crippen LogP contribution in [0.2, 0.25) is 0 Å². The van der Waals surface area contributed by atoms with Gasteiger partial charge in [-0.25, -0.2) is 4.18 Å². The summed E-state index contributed by atoms with van der Waals surface area (Å²) in [7, 11) is -4.74. The molecule has 0 aliphatic heterocycles. The van der Waals surface area contributed by atoms with Crippen LogP contribution in [0.15, 0.2) is 12.7 Å². The van der Waals surface area contributed by atoms with E-state index in [1.807, 2.05) is 0 Å². The van der Waals surface area contributed by atoms with Crippen molar-refractivity contribution in [1.29, 1.82) is 0 Å². The molecule has 82 valence electrons. The molecule has 0 aromatic rings. The quantitative estimate of drug-likeness (QED) is 0.400. The topological polar surface area (TPSA) is 121 Å². The first-order valence-corrected chi connectivity index (χ1v) is 4.81. The predicted octanol–water partition coefficient (Wildman–Crippen LogP) is -0.804. The summed E-state index contributed by atoms with van der Waals surface area (Å²) in [5.41, 5.74) is 0. The lowest BCUT2D eigenvalue weighted by Crippen LogP contribution is -2.31. The Bertz CT molecular complexity index is 306. The lowest BCUT2D eigenvalue weighted by atomic mass is 10.1. The van der Waals surface area contributed by atoms with E-state index in [0.717, 1.165) is 6.08 Å². The highest BCUT2D eigenvalue weighted by Gasteiger charge is 2.24. The van der Waals surface area contributed by atoms with E-state index < -0.39 is 35.0 Å². The lowest BCUT2D eigenvalue weighted by molar-refractivity contribution is -0.140. The molecule has 0 spiro atoms. The number of carbonyl (C=O) groups is 1. The number of carboxylic acids is 1. The van der Waals surface area contributed by atoms with Gasteiger partial charge in [0.05, 0.1) is 12.5 Å². The second-order valence-electron chi connectivity index (χ2n) is 2.39. The average molecular weight is 226 g/mol. The van der Waals surface area contributed by atoms with Gasteiger partial charge in [0.2, 0.25) is 0 Å². The number of carboxylic acid groups (broad SMARTS) is 1. The first-order valence-electron chi connectivity index (χ1n) is 3.44. The Morgan fingerprint density at radius 1 is 1.57 bits per heavy atom. The first kappa shape index (κ1) is 13.0. The van der Waals surface area contributed by atoms with Gasteiger partial charge in [0.25, 0.3) is 0 Å². The summed E-state index contributed by atoms with van der Waals surface area (Å²) in [6, 6.07) is 0. The summed E-state index contributed by atoms with van der Waals surface area (Å²) in [5.74, 6) is -1.33. The second-order valence-corrected chi connectivity index (χ2v) is 3.44. The van der Waals surface area contributed by atoms with Crippen molar-refractivity contribution < 1.29 is 32.2 Å². The van der Waals surface area contributed by atoms with Crippen LogP contribution in [-0.2, 0) is 19.4 Å². The van der Waals surface area contributed by atoms with E-state index in [4.69, 9.17) is 14.8 Å². The zero-order valence-corrected chi connectivity index (χ0v) is 7.85. The maximum absolute atomic E-state index is 10.2. The van der Waals surface area contributed by atoms with Crippen molar-refractivity contribution in [2.75, 3.05) is 0 Å². The second kappa shape index (κ2) is 5.05. The van der Waals surface area contributed by atoms with Gasteiger partial charge in [-0.15, -0.1) is 6.58 Å². The van der Waals surface area contributed by atoms with Crippen LogP contribution < -0.4 is 0 Å². The Balaban J connectivity index is 4.41. The molecule has 0 bridgehead atoms. The van der Waals surface area contributed by atoms with Crippen molar-refractivity contribution in [3.63, 3.8) is 0 Å². The van der Waals surface area contributed by atoms with Crippen molar-refractivity contribution >= 4 is 16.4 Å². The number of hydrogen-bond donors (Lipinski definition) is 3. The molecular weight excluding hydrogens is 216 g/mol. The first-order chi connectivity index (χ1) is 6.26. The van der Waals surface area contributed by atoms with Gasteiger partial charge in [0, 0.05) is 0 Å². The highest BCUT2D eigenvalue weighted by atomic mass is 32.3. The Hall–Kier alpha value is -0.960. The predicted molar refractivity (Wildman–Crippen MR) is 44.9 cm³/mol. The van der Waals surface area contributed by atoms with Crippen molar-refractivity contribution in [3.8, 4) is 0 Å². The number of aliphatic hydroxyl groups is 1. The van der Waals surface area contributed by atoms with E-state index in [0.29, 0.717) is 0 Å². The van der Waals surface area contributed by atoms with Crippen LogP contribution in [0.3, 0.4) is 0 Å². The fraction of sp³-hybridized carbons (Fsp3) is 0.500. The molecule has 0 radical (unpaired) electrons. The smallest absolute Gasteiger partial charge is 0.398 e. The van der Waals surface area contributed by atoms with E-state index in [9.17, 15) is 13.2 Å². The normalized spacial score (nSPS) is 15.9.